The molecule has 0 aliphatic rings. The average Bonchev–Trinajstić information content (AvgIpc) is 2.22. The van der Waals surface area contributed by atoms with E-state index in [0.717, 1.165) is 0 Å². The van der Waals surface area contributed by atoms with Crippen LogP contribution in [0.2, 0.25) is 0 Å². The average molecular weight is 270 g/mol. The molecule has 0 saturated heterocycles. The molecule has 0 saturated carbocycles. The zero-order chi connectivity index (χ0) is 14.9. The molecule has 0 aliphatic heterocycles. The number of carbonyl (C=O) groups is 2. The highest BCUT2D eigenvalue weighted by molar-refractivity contribution is 5.79. The van der Waals surface area contributed by atoms with Crippen LogP contribution in [-0.4, -0.2) is 36.9 Å². The Balaban J connectivity index is 4.07. The molecule has 0 aromatic carbocycles. The molecule has 0 radical (unpaired) electrons. The fourth-order valence-corrected chi connectivity index (χ4v) is 1.09. The van der Waals surface area contributed by atoms with E-state index in [-0.39, 0.29) is 13.0 Å². The maximum absolute atomic E-state index is 11.3. The lowest BCUT2D eigenvalue weighted by Crippen LogP contribution is -2.25. The van der Waals surface area contributed by atoms with E-state index in [1.807, 2.05) is 0 Å². The van der Waals surface area contributed by atoms with Crippen LogP contribution < -0.4 is 5.73 Å². The van der Waals surface area contributed by atoms with Crippen molar-refractivity contribution in [3.8, 4) is 0 Å². The number of rotatable bonds is 6. The molecule has 0 aliphatic carbocycles. The van der Waals surface area contributed by atoms with Crippen LogP contribution in [0.1, 0.15) is 34.1 Å². The molecule has 0 spiro atoms. The highest BCUT2D eigenvalue weighted by Gasteiger charge is 2.15. The predicted molar refractivity (Wildman–Crippen MR) is 72.7 cm³/mol. The topological polar surface area (TPSA) is 91.0 Å². The van der Waals surface area contributed by atoms with Crippen molar-refractivity contribution in [2.75, 3.05) is 13.2 Å². The van der Waals surface area contributed by atoms with Gasteiger partial charge in [-0.1, -0.05) is 0 Å². The summed E-state index contributed by atoms with van der Waals surface area (Å²) in [6, 6.07) is 0. The highest BCUT2D eigenvalue weighted by atomic mass is 16.6. The van der Waals surface area contributed by atoms with Crippen LogP contribution in [0.5, 0.6) is 0 Å². The summed E-state index contributed by atoms with van der Waals surface area (Å²) < 4.78 is 9.80. The van der Waals surface area contributed by atoms with Gasteiger partial charge in [-0.3, -0.25) is 14.6 Å². The lowest BCUT2D eigenvalue weighted by molar-refractivity contribution is -0.152. The van der Waals surface area contributed by atoms with Crippen LogP contribution >= 0.6 is 0 Å². The zero-order valence-electron chi connectivity index (χ0n) is 11.9. The second kappa shape index (κ2) is 8.29. The van der Waals surface area contributed by atoms with Gasteiger partial charge in [-0.15, -0.1) is 0 Å². The molecule has 0 rings (SSSR count). The smallest absolute Gasteiger partial charge is 0.328 e. The Morgan fingerprint density at radius 2 is 1.89 bits per heavy atom. The first-order valence-electron chi connectivity index (χ1n) is 6.06. The first-order chi connectivity index (χ1) is 8.74. The number of nitrogens with two attached hydrogens (primary N) is 1. The summed E-state index contributed by atoms with van der Waals surface area (Å²) >= 11 is 0. The van der Waals surface area contributed by atoms with Crippen LogP contribution in [0.25, 0.3) is 0 Å². The summed E-state index contributed by atoms with van der Waals surface area (Å²) in [5, 5.41) is 0. The molecular weight excluding hydrogens is 248 g/mol. The maximum Gasteiger partial charge on any atom is 0.328 e. The van der Waals surface area contributed by atoms with Crippen LogP contribution in [-0.2, 0) is 19.1 Å². The molecule has 6 nitrogen and oxygen atoms in total. The van der Waals surface area contributed by atoms with Crippen molar-refractivity contribution in [1.82, 2.24) is 0 Å². The lowest BCUT2D eigenvalue weighted by atomic mass is 10.2. The summed E-state index contributed by atoms with van der Waals surface area (Å²) in [7, 11) is 0. The molecule has 0 atom stereocenters. The number of hydrogen-bond donors (Lipinski definition) is 1. The van der Waals surface area contributed by atoms with Crippen molar-refractivity contribution in [2.45, 2.75) is 39.7 Å². The van der Waals surface area contributed by atoms with E-state index in [1.54, 1.807) is 27.7 Å². The minimum Gasteiger partial charge on any atom is -0.466 e. The van der Waals surface area contributed by atoms with Crippen molar-refractivity contribution >= 4 is 18.2 Å². The molecular formula is C13H22N2O4. The SMILES string of the molecule is CCOC(=O)C/C(N)=C/C=NCC(=O)OC(C)(C)C. The molecule has 0 heterocycles. The molecule has 0 aromatic heterocycles. The summed E-state index contributed by atoms with van der Waals surface area (Å²) in [5.74, 6) is -0.807. The third kappa shape index (κ3) is 11.0. The third-order valence-corrected chi connectivity index (χ3v) is 1.69. The van der Waals surface area contributed by atoms with Crippen LogP contribution in [0, 0.1) is 0 Å². The van der Waals surface area contributed by atoms with Gasteiger partial charge < -0.3 is 15.2 Å². The predicted octanol–water partition coefficient (Wildman–Crippen LogP) is 1.19. The Kier molecular flexibility index (Phi) is 7.48. The number of allylic oxidation sites excluding steroid dienone is 1. The van der Waals surface area contributed by atoms with E-state index in [4.69, 9.17) is 15.2 Å². The fraction of sp³-hybridized carbons (Fsp3) is 0.615. The molecule has 0 fully saturated rings. The van der Waals surface area contributed by atoms with Crippen molar-refractivity contribution in [1.29, 1.82) is 0 Å². The van der Waals surface area contributed by atoms with Crippen molar-refractivity contribution < 1.29 is 19.1 Å². The van der Waals surface area contributed by atoms with Crippen molar-refractivity contribution in [3.05, 3.63) is 11.8 Å². The van der Waals surface area contributed by atoms with Gasteiger partial charge in [-0.25, -0.2) is 0 Å². The van der Waals surface area contributed by atoms with Gasteiger partial charge in [-0.05, 0) is 33.8 Å². The van der Waals surface area contributed by atoms with Gasteiger partial charge in [0.15, 0.2) is 0 Å². The lowest BCUT2D eigenvalue weighted by Gasteiger charge is -2.18. The number of aliphatic imine (C=N–C) groups is 1. The van der Waals surface area contributed by atoms with E-state index in [2.05, 4.69) is 4.99 Å². The molecule has 0 aromatic rings. The first-order valence-corrected chi connectivity index (χ1v) is 6.06. The standard InChI is InChI=1S/C13H22N2O4/c1-5-18-11(16)8-10(14)6-7-15-9-12(17)19-13(2,3)4/h6-7H,5,8-9,14H2,1-4H3/b10-6-,15-7?. The zero-order valence-corrected chi connectivity index (χ0v) is 11.9. The van der Waals surface area contributed by atoms with E-state index in [0.29, 0.717) is 12.3 Å². The van der Waals surface area contributed by atoms with Crippen LogP contribution in [0.4, 0.5) is 0 Å². The Morgan fingerprint density at radius 1 is 1.26 bits per heavy atom. The van der Waals surface area contributed by atoms with Crippen LogP contribution in [0.15, 0.2) is 16.8 Å². The maximum atomic E-state index is 11.3. The third-order valence-electron chi connectivity index (χ3n) is 1.69. The minimum absolute atomic E-state index is 0.00625. The highest BCUT2D eigenvalue weighted by Crippen LogP contribution is 2.06. The van der Waals surface area contributed by atoms with Crippen molar-refractivity contribution in [2.24, 2.45) is 10.7 Å². The second-order valence-electron chi connectivity index (χ2n) is 4.80. The first kappa shape index (κ1) is 17.2. The minimum atomic E-state index is -0.522. The largest absolute Gasteiger partial charge is 0.466 e. The van der Waals surface area contributed by atoms with E-state index < -0.39 is 17.5 Å². The van der Waals surface area contributed by atoms with Gasteiger partial charge in [0.1, 0.15) is 12.1 Å². The number of hydrogen-bond acceptors (Lipinski definition) is 6. The van der Waals surface area contributed by atoms with E-state index in [9.17, 15) is 9.59 Å². The van der Waals surface area contributed by atoms with Crippen LogP contribution in [0.3, 0.4) is 0 Å². The number of ether oxygens (including phenoxy) is 2. The summed E-state index contributed by atoms with van der Waals surface area (Å²) in [4.78, 5) is 26.2. The molecule has 0 bridgehead atoms. The molecule has 6 heteroatoms. The van der Waals surface area contributed by atoms with Gasteiger partial charge in [0, 0.05) is 11.9 Å². The second-order valence-corrected chi connectivity index (χ2v) is 4.80. The van der Waals surface area contributed by atoms with Gasteiger partial charge in [0.2, 0.25) is 0 Å². The molecule has 19 heavy (non-hydrogen) atoms. The van der Waals surface area contributed by atoms with Crippen molar-refractivity contribution in [3.63, 3.8) is 0 Å². The molecule has 2 N–H and O–H groups in total. The Hall–Kier alpha value is -1.85. The summed E-state index contributed by atoms with van der Waals surface area (Å²) in [6.07, 6.45) is 2.84. The Bertz CT molecular complexity index is 367. The summed E-state index contributed by atoms with van der Waals surface area (Å²) in [5.41, 5.74) is 5.38. The Labute approximate surface area is 113 Å². The van der Waals surface area contributed by atoms with Gasteiger partial charge in [0.05, 0.1) is 13.0 Å². The number of nitrogens with zero attached hydrogens (tertiary/aromatic N) is 1. The fourth-order valence-electron chi connectivity index (χ4n) is 1.09. The van der Waals surface area contributed by atoms with E-state index >= 15 is 0 Å². The normalized spacial score (nSPS) is 12.5. The summed E-state index contributed by atoms with van der Waals surface area (Å²) in [6.45, 7) is 7.31. The molecule has 0 unspecified atom stereocenters. The molecule has 0 amide bonds. The monoisotopic (exact) mass is 270 g/mol. The Morgan fingerprint density at radius 3 is 2.42 bits per heavy atom. The van der Waals surface area contributed by atoms with Gasteiger partial charge in [0.25, 0.3) is 0 Å². The molecule has 108 valence electrons. The number of carbonyl (C=O) groups excluding carboxylic acids is 2. The number of esters is 2. The van der Waals surface area contributed by atoms with Gasteiger partial charge in [-0.2, -0.15) is 0 Å². The van der Waals surface area contributed by atoms with Gasteiger partial charge >= 0.3 is 11.9 Å². The quantitative estimate of drug-likeness (QED) is 0.578. The van der Waals surface area contributed by atoms with E-state index in [1.165, 1.54) is 12.3 Å².